The lowest BCUT2D eigenvalue weighted by molar-refractivity contribution is 0.467. The zero-order chi connectivity index (χ0) is 10.3. The van der Waals surface area contributed by atoms with Gasteiger partial charge in [-0.05, 0) is 12.1 Å². The van der Waals surface area contributed by atoms with Gasteiger partial charge in [0.15, 0.2) is 5.89 Å². The summed E-state index contributed by atoms with van der Waals surface area (Å²) in [6, 6.07) is 3.00. The van der Waals surface area contributed by atoms with Crippen LogP contribution in [0.3, 0.4) is 0 Å². The van der Waals surface area contributed by atoms with E-state index in [0.717, 1.165) is 0 Å². The molecule has 3 nitrogen and oxygen atoms in total. The number of hydrogen-bond donors (Lipinski definition) is 0. The van der Waals surface area contributed by atoms with E-state index in [0.29, 0.717) is 26.8 Å². The van der Waals surface area contributed by atoms with Gasteiger partial charge in [0.2, 0.25) is 0 Å². The van der Waals surface area contributed by atoms with Crippen molar-refractivity contribution in [2.45, 2.75) is 6.92 Å². The lowest BCUT2D eigenvalue weighted by Gasteiger charge is -1.99. The predicted octanol–water partition coefficient (Wildman–Crippen LogP) is 2.80. The average Bonchev–Trinajstić information content (AvgIpc) is 2.08. The maximum absolute atomic E-state index is 11.4. The molecule has 72 valence electrons. The van der Waals surface area contributed by atoms with Crippen LogP contribution in [0.4, 0.5) is 0 Å². The number of benzene rings is 1. The Labute approximate surface area is 89.3 Å². The highest BCUT2D eigenvalue weighted by atomic mass is 35.5. The predicted molar refractivity (Wildman–Crippen MR) is 55.0 cm³/mol. The van der Waals surface area contributed by atoms with E-state index in [2.05, 4.69) is 4.98 Å². The quantitative estimate of drug-likeness (QED) is 0.698. The second-order valence-electron chi connectivity index (χ2n) is 2.80. The monoisotopic (exact) mass is 229 g/mol. The number of hydrogen-bond acceptors (Lipinski definition) is 3. The molecule has 2 aromatic rings. The topological polar surface area (TPSA) is 43.1 Å². The highest BCUT2D eigenvalue weighted by Gasteiger charge is 2.07. The van der Waals surface area contributed by atoms with Gasteiger partial charge in [-0.25, -0.2) is 9.78 Å². The Kier molecular flexibility index (Phi) is 2.21. The standard InChI is InChI=1S/C9H5Cl2NO2/c1-4-12-8-3-7(11)6(10)2-5(8)9(13)14-4/h2-3H,1H3. The van der Waals surface area contributed by atoms with E-state index >= 15 is 0 Å². The van der Waals surface area contributed by atoms with Gasteiger partial charge >= 0.3 is 5.63 Å². The summed E-state index contributed by atoms with van der Waals surface area (Å²) in [5, 5.41) is 1.03. The summed E-state index contributed by atoms with van der Waals surface area (Å²) in [7, 11) is 0. The minimum Gasteiger partial charge on any atom is -0.408 e. The summed E-state index contributed by atoms with van der Waals surface area (Å²) in [6.07, 6.45) is 0. The number of fused-ring (bicyclic) bond motifs is 1. The summed E-state index contributed by atoms with van der Waals surface area (Å²) >= 11 is 11.5. The van der Waals surface area contributed by atoms with Crippen molar-refractivity contribution in [3.63, 3.8) is 0 Å². The molecule has 0 bridgehead atoms. The molecule has 1 aromatic carbocycles. The first-order valence-electron chi connectivity index (χ1n) is 3.84. The van der Waals surface area contributed by atoms with E-state index in [-0.39, 0.29) is 0 Å². The van der Waals surface area contributed by atoms with Crippen LogP contribution in [-0.4, -0.2) is 4.98 Å². The Bertz CT molecular complexity index is 562. The lowest BCUT2D eigenvalue weighted by Crippen LogP contribution is -2.02. The van der Waals surface area contributed by atoms with Crippen molar-refractivity contribution in [2.75, 3.05) is 0 Å². The molecular weight excluding hydrogens is 225 g/mol. The molecule has 14 heavy (non-hydrogen) atoms. The molecule has 0 saturated carbocycles. The van der Waals surface area contributed by atoms with E-state index in [1.54, 1.807) is 13.0 Å². The van der Waals surface area contributed by atoms with Gasteiger partial charge in [-0.2, -0.15) is 0 Å². The zero-order valence-electron chi connectivity index (χ0n) is 7.17. The smallest absolute Gasteiger partial charge is 0.346 e. The van der Waals surface area contributed by atoms with Crippen molar-refractivity contribution in [1.82, 2.24) is 4.98 Å². The Morgan fingerprint density at radius 1 is 1.29 bits per heavy atom. The molecule has 0 N–H and O–H groups in total. The van der Waals surface area contributed by atoms with E-state index in [9.17, 15) is 4.79 Å². The molecule has 0 fully saturated rings. The molecule has 0 saturated heterocycles. The van der Waals surface area contributed by atoms with Gasteiger partial charge in [0.05, 0.1) is 20.9 Å². The molecular formula is C9H5Cl2NO2. The fraction of sp³-hybridized carbons (Fsp3) is 0.111. The number of nitrogens with zero attached hydrogens (tertiary/aromatic N) is 1. The molecule has 5 heteroatoms. The Hall–Kier alpha value is -1.06. The third kappa shape index (κ3) is 1.49. The molecule has 0 atom stereocenters. The van der Waals surface area contributed by atoms with E-state index in [1.165, 1.54) is 6.07 Å². The maximum atomic E-state index is 11.4. The summed E-state index contributed by atoms with van der Waals surface area (Å²) in [5.74, 6) is 0.306. The summed E-state index contributed by atoms with van der Waals surface area (Å²) < 4.78 is 4.82. The number of aryl methyl sites for hydroxylation is 1. The van der Waals surface area contributed by atoms with Crippen LogP contribution >= 0.6 is 23.2 Å². The maximum Gasteiger partial charge on any atom is 0.346 e. The number of aromatic nitrogens is 1. The first-order valence-corrected chi connectivity index (χ1v) is 4.60. The Morgan fingerprint density at radius 3 is 2.64 bits per heavy atom. The summed E-state index contributed by atoms with van der Waals surface area (Å²) in [4.78, 5) is 15.4. The highest BCUT2D eigenvalue weighted by Crippen LogP contribution is 2.25. The molecule has 0 aliphatic carbocycles. The van der Waals surface area contributed by atoms with Crippen LogP contribution < -0.4 is 5.63 Å². The molecule has 1 heterocycles. The van der Waals surface area contributed by atoms with Gasteiger partial charge in [0.25, 0.3) is 0 Å². The van der Waals surface area contributed by atoms with Crippen molar-refractivity contribution < 1.29 is 4.42 Å². The van der Waals surface area contributed by atoms with E-state index in [4.69, 9.17) is 27.6 Å². The van der Waals surface area contributed by atoms with Crippen molar-refractivity contribution in [1.29, 1.82) is 0 Å². The molecule has 1 aromatic heterocycles. The van der Waals surface area contributed by atoms with Gasteiger partial charge in [-0.1, -0.05) is 23.2 Å². The minimum atomic E-state index is -0.453. The van der Waals surface area contributed by atoms with Crippen molar-refractivity contribution in [3.05, 3.63) is 38.5 Å². The minimum absolute atomic E-state index is 0.306. The Balaban J connectivity index is 2.96. The fourth-order valence-electron chi connectivity index (χ4n) is 1.17. The molecule has 0 radical (unpaired) electrons. The third-order valence-corrected chi connectivity index (χ3v) is 2.50. The van der Waals surface area contributed by atoms with Gasteiger partial charge in [-0.3, -0.25) is 0 Å². The van der Waals surface area contributed by atoms with Gasteiger partial charge in [0, 0.05) is 6.92 Å². The van der Waals surface area contributed by atoms with Gasteiger partial charge in [-0.15, -0.1) is 0 Å². The first-order chi connectivity index (χ1) is 6.58. The first kappa shape index (κ1) is 9.49. The van der Waals surface area contributed by atoms with Crippen LogP contribution in [0.2, 0.25) is 10.0 Å². The Morgan fingerprint density at radius 2 is 1.93 bits per heavy atom. The SMILES string of the molecule is Cc1nc2cc(Cl)c(Cl)cc2c(=O)o1. The van der Waals surface area contributed by atoms with Crippen LogP contribution in [0, 0.1) is 6.92 Å². The second-order valence-corrected chi connectivity index (χ2v) is 3.62. The lowest BCUT2D eigenvalue weighted by atomic mass is 10.2. The molecule has 2 rings (SSSR count). The van der Waals surface area contributed by atoms with Crippen molar-refractivity contribution >= 4 is 34.1 Å². The number of rotatable bonds is 0. The van der Waals surface area contributed by atoms with Crippen LogP contribution in [0.1, 0.15) is 5.89 Å². The van der Waals surface area contributed by atoms with Crippen LogP contribution in [0.15, 0.2) is 21.3 Å². The number of halogens is 2. The van der Waals surface area contributed by atoms with Crippen LogP contribution in [0.25, 0.3) is 10.9 Å². The van der Waals surface area contributed by atoms with Crippen molar-refractivity contribution in [3.8, 4) is 0 Å². The highest BCUT2D eigenvalue weighted by molar-refractivity contribution is 6.42. The van der Waals surface area contributed by atoms with E-state index in [1.807, 2.05) is 0 Å². The normalized spacial score (nSPS) is 10.8. The summed E-state index contributed by atoms with van der Waals surface area (Å²) in [6.45, 7) is 1.60. The average molecular weight is 230 g/mol. The van der Waals surface area contributed by atoms with Gasteiger partial charge < -0.3 is 4.42 Å². The molecule has 0 unspecified atom stereocenters. The molecule has 0 spiro atoms. The molecule has 0 aliphatic rings. The van der Waals surface area contributed by atoms with Gasteiger partial charge in [0.1, 0.15) is 0 Å². The largest absolute Gasteiger partial charge is 0.408 e. The third-order valence-electron chi connectivity index (χ3n) is 1.78. The van der Waals surface area contributed by atoms with Crippen molar-refractivity contribution in [2.24, 2.45) is 0 Å². The van der Waals surface area contributed by atoms with Crippen LogP contribution in [0.5, 0.6) is 0 Å². The van der Waals surface area contributed by atoms with E-state index < -0.39 is 5.63 Å². The fourth-order valence-corrected chi connectivity index (χ4v) is 1.50. The van der Waals surface area contributed by atoms with Crippen LogP contribution in [-0.2, 0) is 0 Å². The second kappa shape index (κ2) is 3.26. The zero-order valence-corrected chi connectivity index (χ0v) is 8.69. The molecule has 0 aliphatic heterocycles. The summed E-state index contributed by atoms with van der Waals surface area (Å²) in [5.41, 5.74) is 0.0409. The molecule has 0 amide bonds.